The lowest BCUT2D eigenvalue weighted by molar-refractivity contribution is 0.599. The van der Waals surface area contributed by atoms with Crippen LogP contribution in [-0.2, 0) is 6.54 Å². The quantitative estimate of drug-likeness (QED) is 0.739. The fourth-order valence-electron chi connectivity index (χ4n) is 2.97. The van der Waals surface area contributed by atoms with Crippen molar-refractivity contribution in [2.45, 2.75) is 39.2 Å². The first kappa shape index (κ1) is 14.6. The van der Waals surface area contributed by atoms with E-state index < -0.39 is 0 Å². The van der Waals surface area contributed by atoms with Crippen molar-refractivity contribution in [3.05, 3.63) is 60.6 Å². The highest BCUT2D eigenvalue weighted by molar-refractivity contribution is 5.62. The summed E-state index contributed by atoms with van der Waals surface area (Å²) in [5.41, 5.74) is 3.57. The number of hydrogen-bond donors (Lipinski definition) is 1. The van der Waals surface area contributed by atoms with Gasteiger partial charge in [-0.3, -0.25) is 0 Å². The molecule has 0 aliphatic heterocycles. The molecule has 0 unspecified atom stereocenters. The second-order valence-corrected chi connectivity index (χ2v) is 5.70. The molecule has 1 atom stereocenters. The molecular formula is C18H22N4. The smallest absolute Gasteiger partial charge is 0.126 e. The third kappa shape index (κ3) is 2.96. The predicted molar refractivity (Wildman–Crippen MR) is 88.7 cm³/mol. The summed E-state index contributed by atoms with van der Waals surface area (Å²) < 4.78 is 2.22. The maximum atomic E-state index is 4.69. The Kier molecular flexibility index (Phi) is 4.37. The molecule has 0 aliphatic rings. The molecule has 0 radical (unpaired) electrons. The van der Waals surface area contributed by atoms with Crippen LogP contribution in [0.1, 0.15) is 44.1 Å². The van der Waals surface area contributed by atoms with E-state index in [1.165, 1.54) is 17.7 Å². The Morgan fingerprint density at radius 1 is 1.18 bits per heavy atom. The lowest BCUT2D eigenvalue weighted by Crippen LogP contribution is -2.08. The molecule has 0 amide bonds. The van der Waals surface area contributed by atoms with Crippen molar-refractivity contribution in [3.8, 4) is 11.3 Å². The Balaban J connectivity index is 2.01. The van der Waals surface area contributed by atoms with Crippen molar-refractivity contribution < 1.29 is 0 Å². The van der Waals surface area contributed by atoms with Crippen LogP contribution in [0.2, 0.25) is 0 Å². The van der Waals surface area contributed by atoms with Crippen LogP contribution < -0.4 is 0 Å². The van der Waals surface area contributed by atoms with Crippen LogP contribution >= 0.6 is 0 Å². The van der Waals surface area contributed by atoms with Gasteiger partial charge in [0.2, 0.25) is 0 Å². The fraction of sp³-hybridized carbons (Fsp3) is 0.333. The minimum atomic E-state index is 0.470. The molecule has 3 rings (SSSR count). The summed E-state index contributed by atoms with van der Waals surface area (Å²) in [6.07, 6.45) is 7.91. The van der Waals surface area contributed by atoms with E-state index in [1.807, 2.05) is 18.6 Å². The van der Waals surface area contributed by atoms with Gasteiger partial charge in [-0.25, -0.2) is 9.97 Å². The van der Waals surface area contributed by atoms with Gasteiger partial charge in [-0.2, -0.15) is 0 Å². The zero-order chi connectivity index (χ0) is 15.4. The summed E-state index contributed by atoms with van der Waals surface area (Å²) in [4.78, 5) is 12.2. The van der Waals surface area contributed by atoms with E-state index >= 15 is 0 Å². The average molecular weight is 294 g/mol. The van der Waals surface area contributed by atoms with E-state index in [0.717, 1.165) is 24.5 Å². The lowest BCUT2D eigenvalue weighted by Gasteiger charge is -2.16. The molecule has 0 bridgehead atoms. The van der Waals surface area contributed by atoms with Crippen LogP contribution in [0.15, 0.2) is 49.1 Å². The van der Waals surface area contributed by atoms with Crippen molar-refractivity contribution in [1.29, 1.82) is 0 Å². The van der Waals surface area contributed by atoms with Gasteiger partial charge in [0.1, 0.15) is 5.82 Å². The van der Waals surface area contributed by atoms with E-state index in [9.17, 15) is 0 Å². The Morgan fingerprint density at radius 2 is 2.00 bits per heavy atom. The summed E-state index contributed by atoms with van der Waals surface area (Å²) >= 11 is 0. The minimum absolute atomic E-state index is 0.470. The van der Waals surface area contributed by atoms with Gasteiger partial charge in [0.25, 0.3) is 0 Å². The third-order valence-electron chi connectivity index (χ3n) is 3.99. The molecule has 22 heavy (non-hydrogen) atoms. The summed E-state index contributed by atoms with van der Waals surface area (Å²) in [5.74, 6) is 1.43. The van der Waals surface area contributed by atoms with E-state index in [-0.39, 0.29) is 0 Å². The Labute approximate surface area is 131 Å². The maximum Gasteiger partial charge on any atom is 0.126 e. The number of aromatic nitrogens is 4. The Bertz CT molecular complexity index is 698. The number of aromatic amines is 1. The van der Waals surface area contributed by atoms with E-state index in [0.29, 0.717) is 5.92 Å². The van der Waals surface area contributed by atoms with Crippen molar-refractivity contribution >= 4 is 0 Å². The number of benzene rings is 1. The van der Waals surface area contributed by atoms with Gasteiger partial charge in [0.15, 0.2) is 0 Å². The lowest BCUT2D eigenvalue weighted by atomic mass is 9.97. The fourth-order valence-corrected chi connectivity index (χ4v) is 2.97. The minimum Gasteiger partial charge on any atom is -0.347 e. The molecule has 2 aromatic heterocycles. The van der Waals surface area contributed by atoms with Crippen molar-refractivity contribution in [2.75, 3.05) is 0 Å². The van der Waals surface area contributed by atoms with Gasteiger partial charge < -0.3 is 9.55 Å². The highest BCUT2D eigenvalue weighted by atomic mass is 15.1. The van der Waals surface area contributed by atoms with Crippen molar-refractivity contribution in [1.82, 2.24) is 19.5 Å². The van der Waals surface area contributed by atoms with Crippen LogP contribution in [0.5, 0.6) is 0 Å². The number of imidazole rings is 2. The molecule has 1 N–H and O–H groups in total. The summed E-state index contributed by atoms with van der Waals surface area (Å²) in [7, 11) is 0. The van der Waals surface area contributed by atoms with Gasteiger partial charge in [0, 0.05) is 23.7 Å². The number of rotatable bonds is 6. The zero-order valence-corrected chi connectivity index (χ0v) is 13.2. The summed E-state index contributed by atoms with van der Waals surface area (Å²) in [5, 5.41) is 0. The number of hydrogen-bond acceptors (Lipinski definition) is 2. The molecule has 2 heterocycles. The van der Waals surface area contributed by atoms with Crippen LogP contribution in [0.4, 0.5) is 0 Å². The molecule has 0 fully saturated rings. The molecule has 1 aromatic carbocycles. The first-order chi connectivity index (χ1) is 10.8. The monoisotopic (exact) mass is 294 g/mol. The topological polar surface area (TPSA) is 46.5 Å². The first-order valence-electron chi connectivity index (χ1n) is 7.88. The molecule has 0 spiro atoms. The SMILES string of the molecule is CCC[C@H](C)c1c(-c2ccccc2)ncn1Cc1ncc[nH]1. The van der Waals surface area contributed by atoms with Crippen LogP contribution in [0, 0.1) is 0 Å². The molecular weight excluding hydrogens is 272 g/mol. The highest BCUT2D eigenvalue weighted by Gasteiger charge is 2.18. The second kappa shape index (κ2) is 6.60. The summed E-state index contributed by atoms with van der Waals surface area (Å²) in [6, 6.07) is 10.4. The number of nitrogens with one attached hydrogen (secondary N) is 1. The van der Waals surface area contributed by atoms with Gasteiger partial charge in [-0.05, 0) is 12.3 Å². The standard InChI is InChI=1S/C18H22N4/c1-3-7-14(2)18-17(15-8-5-4-6-9-15)21-13-22(18)12-16-19-10-11-20-16/h4-6,8-11,13-14H,3,7,12H2,1-2H3,(H,19,20)/t14-/m0/s1. The molecule has 4 nitrogen and oxygen atoms in total. The zero-order valence-electron chi connectivity index (χ0n) is 13.2. The molecule has 3 aromatic rings. The normalized spacial score (nSPS) is 12.5. The summed E-state index contributed by atoms with van der Waals surface area (Å²) in [6.45, 7) is 5.24. The third-order valence-corrected chi connectivity index (χ3v) is 3.99. The van der Waals surface area contributed by atoms with E-state index in [1.54, 1.807) is 6.20 Å². The molecule has 4 heteroatoms. The van der Waals surface area contributed by atoms with Gasteiger partial charge in [0.05, 0.1) is 18.6 Å². The van der Waals surface area contributed by atoms with Gasteiger partial charge in [-0.15, -0.1) is 0 Å². The molecule has 0 saturated carbocycles. The maximum absolute atomic E-state index is 4.69. The largest absolute Gasteiger partial charge is 0.347 e. The highest BCUT2D eigenvalue weighted by Crippen LogP contribution is 2.31. The Morgan fingerprint density at radius 3 is 2.68 bits per heavy atom. The first-order valence-corrected chi connectivity index (χ1v) is 7.88. The predicted octanol–water partition coefficient (Wildman–Crippen LogP) is 4.23. The van der Waals surface area contributed by atoms with Crippen molar-refractivity contribution in [3.63, 3.8) is 0 Å². The van der Waals surface area contributed by atoms with E-state index in [2.05, 4.69) is 52.6 Å². The second-order valence-electron chi connectivity index (χ2n) is 5.70. The van der Waals surface area contributed by atoms with Crippen LogP contribution in [0.25, 0.3) is 11.3 Å². The van der Waals surface area contributed by atoms with E-state index in [4.69, 9.17) is 4.98 Å². The Hall–Kier alpha value is -2.36. The average Bonchev–Trinajstić information content (AvgIpc) is 3.18. The number of nitrogens with zero attached hydrogens (tertiary/aromatic N) is 3. The molecule has 114 valence electrons. The molecule has 0 aliphatic carbocycles. The van der Waals surface area contributed by atoms with Gasteiger partial charge >= 0.3 is 0 Å². The van der Waals surface area contributed by atoms with Crippen LogP contribution in [-0.4, -0.2) is 19.5 Å². The van der Waals surface area contributed by atoms with Gasteiger partial charge in [-0.1, -0.05) is 50.6 Å². The van der Waals surface area contributed by atoms with Crippen LogP contribution in [0.3, 0.4) is 0 Å². The number of H-pyrrole nitrogens is 1. The molecule has 0 saturated heterocycles. The van der Waals surface area contributed by atoms with Crippen molar-refractivity contribution in [2.24, 2.45) is 0 Å².